The Hall–Kier alpha value is 1.24. The fourth-order valence-corrected chi connectivity index (χ4v) is 0. The fraction of sp³-hybridized carbons (Fsp3) is 1.00. The third-order valence-electron chi connectivity index (χ3n) is 0. The van der Waals surface area contributed by atoms with Crippen LogP contribution in [-0.2, 0) is 16.5 Å². The topological polar surface area (TPSA) is 184 Å². The molecule has 8 nitrogen and oxygen atoms in total. The molecule has 0 aromatic heterocycles. The Bertz CT molecular complexity index is 154. The molecule has 0 fully saturated rings. The number of hydrogen-bond donors (Lipinski definition) is 0. The van der Waals surface area contributed by atoms with Gasteiger partial charge < -0.3 is 40.9 Å². The maximum Gasteiger partial charge on any atom is 3.00 e. The van der Waals surface area contributed by atoms with E-state index in [0.717, 1.165) is 0 Å². The summed E-state index contributed by atoms with van der Waals surface area (Å²) in [5.74, 6) is 0. The van der Waals surface area contributed by atoms with E-state index in [4.69, 9.17) is 0 Å². The van der Waals surface area contributed by atoms with Crippen molar-refractivity contribution in [3.8, 4) is 0 Å². The van der Waals surface area contributed by atoms with Crippen molar-refractivity contribution in [2.24, 2.45) is 0 Å². The van der Waals surface area contributed by atoms with Gasteiger partial charge in [0, 0.05) is 0 Å². The van der Waals surface area contributed by atoms with Gasteiger partial charge in [-0.1, -0.05) is 111 Å². The summed E-state index contributed by atoms with van der Waals surface area (Å²) >= 11 is 0. The average Bonchev–Trinajstić information content (AvgIpc) is 2.30. The first-order valence-corrected chi connectivity index (χ1v) is 11.1. The van der Waals surface area contributed by atoms with Crippen LogP contribution in [0, 0.1) is 0 Å². The zero-order chi connectivity index (χ0) is 28.6. The average molecular weight is 585 g/mol. The van der Waals surface area contributed by atoms with Crippen molar-refractivity contribution in [2.45, 2.75) is 160 Å². The molecule has 0 radical (unpaired) electrons. The third-order valence-corrected chi connectivity index (χ3v) is 0. The van der Waals surface area contributed by atoms with E-state index in [2.05, 4.69) is 0 Å². The molecule has 0 heterocycles. The second-order valence-corrected chi connectivity index (χ2v) is 8.39. The summed E-state index contributed by atoms with van der Waals surface area (Å²) in [6.07, 6.45) is -3.33. The van der Waals surface area contributed by atoms with Gasteiger partial charge in [0.15, 0.2) is 0 Å². The van der Waals surface area contributed by atoms with Gasteiger partial charge in [0.25, 0.3) is 0 Å². The van der Waals surface area contributed by atoms with E-state index in [9.17, 15) is 40.9 Å². The molecule has 0 spiro atoms. The molecular formula is C24H56Al2NiO8. The van der Waals surface area contributed by atoms with Crippen LogP contribution in [0.15, 0.2) is 0 Å². The summed E-state index contributed by atoms with van der Waals surface area (Å²) in [7, 11) is 0. The SMILES string of the molecule is CC(C)[O-].CC(C)[O-].CC(C)[O-].CC(C)[O-].CC(C)[O-].CC(C)[O-].CC(C)[O-].CC(C)[O-].[Al+3].[Al+3].[Ni+2]. The molecule has 0 aliphatic rings. The van der Waals surface area contributed by atoms with Crippen LogP contribution in [0.4, 0.5) is 0 Å². The Labute approximate surface area is 250 Å². The van der Waals surface area contributed by atoms with Crippen LogP contribution in [0.3, 0.4) is 0 Å². The normalized spacial score (nSPS) is 8.23. The molecule has 0 aromatic rings. The molecule has 0 atom stereocenters. The Kier molecular flexibility index (Phi) is 131. The van der Waals surface area contributed by atoms with Crippen molar-refractivity contribution >= 4 is 34.7 Å². The van der Waals surface area contributed by atoms with Crippen LogP contribution in [0.1, 0.15) is 111 Å². The molecule has 0 aliphatic heterocycles. The van der Waals surface area contributed by atoms with Gasteiger partial charge in [-0.3, -0.25) is 0 Å². The molecule has 216 valence electrons. The molecule has 0 rings (SSSR count). The third kappa shape index (κ3) is 25400. The van der Waals surface area contributed by atoms with Gasteiger partial charge in [-0.2, -0.15) is 0 Å². The van der Waals surface area contributed by atoms with Gasteiger partial charge in [-0.25, -0.2) is 0 Å². The van der Waals surface area contributed by atoms with Crippen molar-refractivity contribution in [1.82, 2.24) is 0 Å². The minimum Gasteiger partial charge on any atom is -0.852 e. The maximum absolute atomic E-state index is 9.53. The predicted molar refractivity (Wildman–Crippen MR) is 133 cm³/mol. The summed E-state index contributed by atoms with van der Waals surface area (Å²) in [4.78, 5) is 0. The Morgan fingerprint density at radius 3 is 0.229 bits per heavy atom. The van der Waals surface area contributed by atoms with Gasteiger partial charge in [-0.05, 0) is 0 Å². The van der Waals surface area contributed by atoms with E-state index >= 15 is 0 Å². The van der Waals surface area contributed by atoms with Crippen molar-refractivity contribution in [3.05, 3.63) is 0 Å². The monoisotopic (exact) mass is 584 g/mol. The zero-order valence-electron chi connectivity index (χ0n) is 25.4. The van der Waals surface area contributed by atoms with Gasteiger partial charge in [0.2, 0.25) is 0 Å². The first-order chi connectivity index (χ1) is 13.9. The van der Waals surface area contributed by atoms with Gasteiger partial charge in [0.05, 0.1) is 0 Å². The summed E-state index contributed by atoms with van der Waals surface area (Å²) in [6, 6.07) is 0. The van der Waals surface area contributed by atoms with Crippen LogP contribution in [0.25, 0.3) is 0 Å². The molecule has 0 bridgehead atoms. The first kappa shape index (κ1) is 70.6. The standard InChI is InChI=1S/8C3H7O.2Al.Ni/c8*1-3(2)4;;;/h8*3H,1-2H3;;;/q8*-1;2*+3;+2. The molecule has 0 unspecified atom stereocenters. The number of hydrogen-bond acceptors (Lipinski definition) is 8. The summed E-state index contributed by atoms with van der Waals surface area (Å²) < 4.78 is 0. The smallest absolute Gasteiger partial charge is 0.852 e. The minimum atomic E-state index is -0.417. The van der Waals surface area contributed by atoms with Gasteiger partial charge in [-0.15, -0.1) is 48.8 Å². The van der Waals surface area contributed by atoms with Crippen LogP contribution in [0.5, 0.6) is 0 Å². The summed E-state index contributed by atoms with van der Waals surface area (Å²) in [6.45, 7) is 25.8. The van der Waals surface area contributed by atoms with Crippen LogP contribution in [-0.4, -0.2) is 83.6 Å². The Balaban J connectivity index is -0.0000000206. The number of rotatable bonds is 0. The van der Waals surface area contributed by atoms with Gasteiger partial charge in [0.1, 0.15) is 0 Å². The van der Waals surface area contributed by atoms with E-state index in [1.54, 1.807) is 111 Å². The zero-order valence-corrected chi connectivity index (χ0v) is 28.7. The van der Waals surface area contributed by atoms with Crippen molar-refractivity contribution in [3.63, 3.8) is 0 Å². The molecule has 35 heavy (non-hydrogen) atoms. The summed E-state index contributed by atoms with van der Waals surface area (Å²) in [5.41, 5.74) is 0. The molecule has 0 aliphatic carbocycles. The van der Waals surface area contributed by atoms with Crippen molar-refractivity contribution < 1.29 is 57.3 Å². The van der Waals surface area contributed by atoms with Crippen LogP contribution in [0.2, 0.25) is 0 Å². The molecule has 11 heteroatoms. The quantitative estimate of drug-likeness (QED) is 0.275. The van der Waals surface area contributed by atoms with Crippen LogP contribution >= 0.6 is 0 Å². The maximum atomic E-state index is 9.53. The molecule has 0 aromatic carbocycles. The predicted octanol–water partition coefficient (Wildman–Crippen LogP) is -2.72. The van der Waals surface area contributed by atoms with E-state index in [1.807, 2.05) is 0 Å². The van der Waals surface area contributed by atoms with Crippen molar-refractivity contribution in [2.75, 3.05) is 0 Å². The molecule has 0 saturated carbocycles. The summed E-state index contributed by atoms with van der Waals surface area (Å²) in [5, 5.41) is 76.2. The van der Waals surface area contributed by atoms with Crippen molar-refractivity contribution in [1.29, 1.82) is 0 Å². The minimum absolute atomic E-state index is 0. The largest absolute Gasteiger partial charge is 3.00 e. The molecule has 0 saturated heterocycles. The van der Waals surface area contributed by atoms with E-state index in [0.29, 0.717) is 0 Å². The second kappa shape index (κ2) is 64.9. The van der Waals surface area contributed by atoms with Crippen LogP contribution < -0.4 is 40.9 Å². The first-order valence-electron chi connectivity index (χ1n) is 11.1. The van der Waals surface area contributed by atoms with E-state index < -0.39 is 48.8 Å². The second-order valence-electron chi connectivity index (χ2n) is 8.39. The van der Waals surface area contributed by atoms with E-state index in [1.165, 1.54) is 0 Å². The van der Waals surface area contributed by atoms with Gasteiger partial charge >= 0.3 is 51.2 Å². The molecule has 0 amide bonds. The van der Waals surface area contributed by atoms with E-state index in [-0.39, 0.29) is 51.2 Å². The fourth-order valence-electron chi connectivity index (χ4n) is 0. The Morgan fingerprint density at radius 1 is 0.229 bits per heavy atom. The Morgan fingerprint density at radius 2 is 0.229 bits per heavy atom. The molecule has 0 N–H and O–H groups in total. The molecular weight excluding hydrogens is 529 g/mol.